The van der Waals surface area contributed by atoms with Crippen molar-refractivity contribution in [3.63, 3.8) is 0 Å². The summed E-state index contributed by atoms with van der Waals surface area (Å²) in [7, 11) is 1.97. The van der Waals surface area contributed by atoms with Crippen LogP contribution in [0, 0.1) is 0 Å². The van der Waals surface area contributed by atoms with Crippen molar-refractivity contribution in [2.45, 2.75) is 64.1 Å². The summed E-state index contributed by atoms with van der Waals surface area (Å²) in [6, 6.07) is 9.75. The molecule has 1 aromatic rings. The number of carbonyl (C=O) groups is 1. The molecule has 4 heteroatoms. The molecule has 2 aliphatic rings. The smallest absolute Gasteiger partial charge is 0.253 e. The number of rotatable bonds is 6. The Morgan fingerprint density at radius 2 is 1.75 bits per heavy atom. The first-order chi connectivity index (χ1) is 11.6. The number of piperidine rings is 1. The van der Waals surface area contributed by atoms with Gasteiger partial charge in [0.15, 0.2) is 0 Å². The maximum Gasteiger partial charge on any atom is 0.253 e. The minimum atomic E-state index is 0.159. The minimum Gasteiger partial charge on any atom is -0.372 e. The Kier molecular flexibility index (Phi) is 5.44. The second kappa shape index (κ2) is 7.56. The van der Waals surface area contributed by atoms with Gasteiger partial charge in [0.25, 0.3) is 5.91 Å². The van der Waals surface area contributed by atoms with Crippen molar-refractivity contribution in [2.24, 2.45) is 0 Å². The van der Waals surface area contributed by atoms with Gasteiger partial charge in [0.05, 0.1) is 0 Å². The molecule has 3 rings (SSSR count). The van der Waals surface area contributed by atoms with Crippen LogP contribution in [0.5, 0.6) is 0 Å². The summed E-state index contributed by atoms with van der Waals surface area (Å²) < 4.78 is 0. The van der Waals surface area contributed by atoms with E-state index in [0.717, 1.165) is 37.9 Å². The summed E-state index contributed by atoms with van der Waals surface area (Å²) in [5.74, 6) is 0.159. The topological polar surface area (TPSA) is 35.6 Å². The highest BCUT2D eigenvalue weighted by molar-refractivity contribution is 5.94. The largest absolute Gasteiger partial charge is 0.372 e. The number of carbonyl (C=O) groups excluding carboxylic acids is 1. The van der Waals surface area contributed by atoms with Gasteiger partial charge >= 0.3 is 0 Å². The van der Waals surface area contributed by atoms with E-state index < -0.39 is 0 Å². The van der Waals surface area contributed by atoms with Crippen LogP contribution < -0.4 is 10.2 Å². The zero-order chi connectivity index (χ0) is 17.1. The van der Waals surface area contributed by atoms with Gasteiger partial charge in [0.2, 0.25) is 0 Å². The van der Waals surface area contributed by atoms with Gasteiger partial charge in [-0.25, -0.2) is 0 Å². The molecule has 0 aliphatic carbocycles. The predicted octanol–water partition coefficient (Wildman–Crippen LogP) is 3.28. The lowest BCUT2D eigenvalue weighted by atomic mass is 9.98. The van der Waals surface area contributed by atoms with Gasteiger partial charge in [0.1, 0.15) is 0 Å². The van der Waals surface area contributed by atoms with Crippen molar-refractivity contribution in [2.75, 3.05) is 25.0 Å². The van der Waals surface area contributed by atoms with Crippen molar-refractivity contribution in [3.05, 3.63) is 29.8 Å². The van der Waals surface area contributed by atoms with Crippen LogP contribution in [-0.4, -0.2) is 49.1 Å². The first kappa shape index (κ1) is 17.3. The van der Waals surface area contributed by atoms with E-state index in [1.54, 1.807) is 0 Å². The molecule has 1 aromatic carbocycles. The Morgan fingerprint density at radius 3 is 2.29 bits per heavy atom. The fourth-order valence-electron chi connectivity index (χ4n) is 4.27. The molecule has 1 amide bonds. The maximum absolute atomic E-state index is 12.8. The zero-order valence-corrected chi connectivity index (χ0v) is 15.3. The molecule has 2 fully saturated rings. The van der Waals surface area contributed by atoms with E-state index >= 15 is 0 Å². The maximum atomic E-state index is 12.8. The molecule has 2 bridgehead atoms. The lowest BCUT2D eigenvalue weighted by Gasteiger charge is -2.35. The van der Waals surface area contributed by atoms with Gasteiger partial charge in [-0.05, 0) is 63.3 Å². The Labute approximate surface area is 146 Å². The Balaban J connectivity index is 1.66. The highest BCUT2D eigenvalue weighted by Gasteiger charge is 2.36. The minimum absolute atomic E-state index is 0.159. The number of hydrogen-bond acceptors (Lipinski definition) is 3. The molecule has 2 saturated heterocycles. The number of fused-ring (bicyclic) bond motifs is 2. The van der Waals surface area contributed by atoms with E-state index in [-0.39, 0.29) is 5.91 Å². The number of nitrogens with one attached hydrogen (secondary N) is 1. The monoisotopic (exact) mass is 329 g/mol. The Morgan fingerprint density at radius 1 is 1.12 bits per heavy atom. The Hall–Kier alpha value is -1.55. The third-order valence-corrected chi connectivity index (χ3v) is 5.67. The van der Waals surface area contributed by atoms with Crippen LogP contribution in [0.15, 0.2) is 24.3 Å². The van der Waals surface area contributed by atoms with Crippen LogP contribution in [0.2, 0.25) is 0 Å². The van der Waals surface area contributed by atoms with E-state index in [1.807, 2.05) is 24.1 Å². The van der Waals surface area contributed by atoms with Gasteiger partial charge < -0.3 is 15.1 Å². The summed E-state index contributed by atoms with van der Waals surface area (Å²) in [4.78, 5) is 17.2. The molecule has 1 N–H and O–H groups in total. The van der Waals surface area contributed by atoms with Gasteiger partial charge in [-0.2, -0.15) is 0 Å². The van der Waals surface area contributed by atoms with E-state index in [2.05, 4.69) is 36.2 Å². The predicted molar refractivity (Wildman–Crippen MR) is 99.7 cm³/mol. The van der Waals surface area contributed by atoms with Gasteiger partial charge in [-0.3, -0.25) is 4.79 Å². The van der Waals surface area contributed by atoms with Crippen LogP contribution in [0.3, 0.4) is 0 Å². The summed E-state index contributed by atoms with van der Waals surface area (Å²) in [5, 5.41) is 3.65. The molecule has 2 heterocycles. The fraction of sp³-hybridized carbons (Fsp3) is 0.650. The highest BCUT2D eigenvalue weighted by atomic mass is 16.2. The second-order valence-corrected chi connectivity index (χ2v) is 7.31. The SMILES string of the molecule is CCCN(CC)c1ccc(C(=O)N(C)C2CC3CCC(C2)N3)cc1. The van der Waals surface area contributed by atoms with E-state index in [1.165, 1.54) is 18.5 Å². The van der Waals surface area contributed by atoms with Crippen molar-refractivity contribution in [1.29, 1.82) is 0 Å². The summed E-state index contributed by atoms with van der Waals surface area (Å²) in [6.45, 7) is 6.43. The van der Waals surface area contributed by atoms with Gasteiger partial charge in [0, 0.05) is 49.5 Å². The van der Waals surface area contributed by atoms with Crippen LogP contribution >= 0.6 is 0 Å². The standard InChI is InChI=1S/C20H31N3O/c1-4-12-23(5-2)18-10-6-15(7-11-18)20(24)22(3)19-13-16-8-9-17(14-19)21-16/h6-7,10-11,16-17,19,21H,4-5,8-9,12-14H2,1-3H3. The Bertz CT molecular complexity index is 545. The molecular formula is C20H31N3O. The first-order valence-corrected chi connectivity index (χ1v) is 9.50. The summed E-state index contributed by atoms with van der Waals surface area (Å²) in [5.41, 5.74) is 2.01. The van der Waals surface area contributed by atoms with Gasteiger partial charge in [-0.15, -0.1) is 0 Å². The number of benzene rings is 1. The van der Waals surface area contributed by atoms with E-state index in [0.29, 0.717) is 18.1 Å². The number of amides is 1. The third kappa shape index (κ3) is 3.59. The van der Waals surface area contributed by atoms with Crippen LogP contribution in [0.4, 0.5) is 5.69 Å². The quantitative estimate of drug-likeness (QED) is 0.870. The highest BCUT2D eigenvalue weighted by Crippen LogP contribution is 2.30. The van der Waals surface area contributed by atoms with Crippen LogP contribution in [0.1, 0.15) is 56.3 Å². The molecule has 4 nitrogen and oxygen atoms in total. The summed E-state index contributed by atoms with van der Waals surface area (Å²) >= 11 is 0. The zero-order valence-electron chi connectivity index (χ0n) is 15.3. The average Bonchev–Trinajstić information content (AvgIpc) is 2.96. The molecule has 0 spiro atoms. The normalized spacial score (nSPS) is 25.5. The number of hydrogen-bond donors (Lipinski definition) is 1. The van der Waals surface area contributed by atoms with Crippen molar-refractivity contribution in [3.8, 4) is 0 Å². The molecule has 24 heavy (non-hydrogen) atoms. The first-order valence-electron chi connectivity index (χ1n) is 9.50. The molecule has 2 aliphatic heterocycles. The molecular weight excluding hydrogens is 298 g/mol. The third-order valence-electron chi connectivity index (χ3n) is 5.67. The molecule has 0 saturated carbocycles. The van der Waals surface area contributed by atoms with Crippen molar-refractivity contribution in [1.82, 2.24) is 10.2 Å². The molecule has 0 aromatic heterocycles. The lowest BCUT2D eigenvalue weighted by Crippen LogP contribution is -2.48. The van der Waals surface area contributed by atoms with E-state index in [4.69, 9.17) is 0 Å². The van der Waals surface area contributed by atoms with Crippen LogP contribution in [-0.2, 0) is 0 Å². The average molecular weight is 329 g/mol. The molecule has 132 valence electrons. The number of nitrogens with zero attached hydrogens (tertiary/aromatic N) is 2. The second-order valence-electron chi connectivity index (χ2n) is 7.31. The van der Waals surface area contributed by atoms with Crippen LogP contribution in [0.25, 0.3) is 0 Å². The fourth-order valence-corrected chi connectivity index (χ4v) is 4.27. The molecule has 2 unspecified atom stereocenters. The van der Waals surface area contributed by atoms with Gasteiger partial charge in [-0.1, -0.05) is 6.92 Å². The molecule has 0 radical (unpaired) electrons. The van der Waals surface area contributed by atoms with Crippen molar-refractivity contribution >= 4 is 11.6 Å². The number of anilines is 1. The van der Waals surface area contributed by atoms with E-state index in [9.17, 15) is 4.79 Å². The lowest BCUT2D eigenvalue weighted by molar-refractivity contribution is 0.0681. The van der Waals surface area contributed by atoms with Crippen molar-refractivity contribution < 1.29 is 4.79 Å². The summed E-state index contributed by atoms with van der Waals surface area (Å²) in [6.07, 6.45) is 5.85. The molecule has 2 atom stereocenters.